The maximum atomic E-state index is 9.51. The molecule has 0 aliphatic carbocycles. The van der Waals surface area contributed by atoms with Gasteiger partial charge in [0.2, 0.25) is 0 Å². The third kappa shape index (κ3) is 18.4. The van der Waals surface area contributed by atoms with Crippen LogP contribution in [0.2, 0.25) is 0 Å². The summed E-state index contributed by atoms with van der Waals surface area (Å²) in [7, 11) is -9.86. The van der Waals surface area contributed by atoms with Crippen molar-refractivity contribution in [2.75, 3.05) is 5.08 Å². The Morgan fingerprint density at radius 2 is 1.09 bits per heavy atom. The van der Waals surface area contributed by atoms with Crippen molar-refractivity contribution in [3.63, 3.8) is 0 Å². The first kappa shape index (κ1) is 18.3. The molecule has 0 radical (unpaired) electrons. The van der Waals surface area contributed by atoms with Gasteiger partial charge >= 0.3 is 48.4 Å². The van der Waals surface area contributed by atoms with Gasteiger partial charge in [-0.15, -0.1) is 0 Å². The van der Waals surface area contributed by atoms with E-state index in [1.807, 2.05) is 0 Å². The van der Waals surface area contributed by atoms with Gasteiger partial charge in [0.15, 0.2) is 0 Å². The largest absolute Gasteiger partial charge is 1.00 e. The minimum atomic E-state index is -4.93. The van der Waals surface area contributed by atoms with Gasteiger partial charge in [0.1, 0.15) is 25.3 Å². The Hall–Kier alpha value is 1.42. The first-order valence-corrected chi connectivity index (χ1v) is 4.73. The average Bonchev–Trinajstić information content (AvgIpc) is 1.14. The normalized spacial score (nSPS) is 11.1. The Labute approximate surface area is 98.7 Å². The molecule has 10 heteroatoms. The van der Waals surface area contributed by atoms with Crippen LogP contribution in [0.25, 0.3) is 0 Å². The Kier molecular flexibility index (Phi) is 9.89. The molecule has 0 aromatic heterocycles. The molecule has 0 spiro atoms. The molecule has 6 nitrogen and oxygen atoms in total. The van der Waals surface area contributed by atoms with Crippen LogP contribution < -0.4 is 48.4 Å². The Morgan fingerprint density at radius 3 is 1.09 bits per heavy atom. The van der Waals surface area contributed by atoms with Crippen LogP contribution in [0.5, 0.6) is 0 Å². The summed E-state index contributed by atoms with van der Waals surface area (Å²) >= 11 is 0. The van der Waals surface area contributed by atoms with Crippen molar-refractivity contribution in [3.8, 4) is 0 Å². The van der Waals surface area contributed by atoms with E-state index in [9.17, 15) is 25.9 Å². The summed E-state index contributed by atoms with van der Waals surface area (Å²) in [5.74, 6) is 0. The second-order valence-corrected chi connectivity index (χ2v) is 4.41. The third-order valence-corrected chi connectivity index (χ3v) is 2.60. The van der Waals surface area contributed by atoms with Gasteiger partial charge in [-0.1, -0.05) is 0 Å². The van der Waals surface area contributed by atoms with Gasteiger partial charge in [-0.25, -0.2) is 16.8 Å². The van der Waals surface area contributed by atoms with Crippen LogP contribution in [0.4, 0.5) is 0 Å². The molecule has 0 fully saturated rings. The summed E-state index contributed by atoms with van der Waals surface area (Å²) in [5.41, 5.74) is 0. The molecular formula is CH2LiNaO6S2. The standard InChI is InChI=1S/CH4O6S2.Li.Na/c2-8(3,4)1-9(5,6)7;;/h1H2,(H,2,3,4)(H,5,6,7);;/q;2*+1/p-2. The Bertz CT molecular complexity index is 246. The number of rotatable bonds is 2. The molecule has 0 aliphatic heterocycles. The molecule has 0 rings (SSSR count). The van der Waals surface area contributed by atoms with Crippen LogP contribution in [-0.2, 0) is 20.2 Å². The zero-order chi connectivity index (χ0) is 7.71. The van der Waals surface area contributed by atoms with E-state index in [0.29, 0.717) is 0 Å². The summed E-state index contributed by atoms with van der Waals surface area (Å²) in [5, 5.41) is -1.88. The minimum Gasteiger partial charge on any atom is -0.747 e. The predicted molar refractivity (Wildman–Crippen MR) is 24.3 cm³/mol. The van der Waals surface area contributed by atoms with Crippen molar-refractivity contribution >= 4 is 20.2 Å². The van der Waals surface area contributed by atoms with E-state index in [-0.39, 0.29) is 48.4 Å². The maximum absolute atomic E-state index is 9.51. The molecular weight excluding hydrogens is 202 g/mol. The van der Waals surface area contributed by atoms with Crippen molar-refractivity contribution in [2.45, 2.75) is 0 Å². The van der Waals surface area contributed by atoms with Gasteiger partial charge in [0.05, 0.1) is 0 Å². The van der Waals surface area contributed by atoms with Crippen LogP contribution in [-0.4, -0.2) is 31.0 Å². The van der Waals surface area contributed by atoms with Crippen LogP contribution in [0, 0.1) is 0 Å². The van der Waals surface area contributed by atoms with Gasteiger partial charge in [0.25, 0.3) is 0 Å². The van der Waals surface area contributed by atoms with E-state index < -0.39 is 25.3 Å². The van der Waals surface area contributed by atoms with Crippen LogP contribution in [0.1, 0.15) is 0 Å². The van der Waals surface area contributed by atoms with Crippen LogP contribution >= 0.6 is 0 Å². The molecule has 0 aromatic carbocycles. The summed E-state index contributed by atoms with van der Waals surface area (Å²) in [4.78, 5) is 0. The summed E-state index contributed by atoms with van der Waals surface area (Å²) in [6.07, 6.45) is 0. The van der Waals surface area contributed by atoms with Crippen molar-refractivity contribution in [3.05, 3.63) is 0 Å². The average molecular weight is 204 g/mol. The second-order valence-electron chi connectivity index (χ2n) is 1.23. The first-order chi connectivity index (χ1) is 3.71. The van der Waals surface area contributed by atoms with Crippen molar-refractivity contribution in [1.29, 1.82) is 0 Å². The molecule has 0 heterocycles. The molecule has 0 amide bonds. The molecule has 0 bridgehead atoms. The second kappa shape index (κ2) is 5.96. The smallest absolute Gasteiger partial charge is 0.747 e. The fraction of sp³-hybridized carbons (Fsp3) is 1.00. The molecule has 56 valence electrons. The molecule has 0 N–H and O–H groups in total. The molecule has 0 saturated heterocycles. The predicted octanol–water partition coefficient (Wildman–Crippen LogP) is -7.96. The van der Waals surface area contributed by atoms with Gasteiger partial charge in [-0.3, -0.25) is 0 Å². The fourth-order valence-corrected chi connectivity index (χ4v) is 1.59. The van der Waals surface area contributed by atoms with Gasteiger partial charge in [-0.2, -0.15) is 0 Å². The van der Waals surface area contributed by atoms with E-state index in [2.05, 4.69) is 0 Å². The maximum Gasteiger partial charge on any atom is 1.00 e. The number of hydrogen-bond donors (Lipinski definition) is 0. The van der Waals surface area contributed by atoms with E-state index in [4.69, 9.17) is 0 Å². The van der Waals surface area contributed by atoms with Gasteiger partial charge in [0, 0.05) is 0 Å². The van der Waals surface area contributed by atoms with E-state index in [1.54, 1.807) is 0 Å². The van der Waals surface area contributed by atoms with Crippen molar-refractivity contribution in [1.82, 2.24) is 0 Å². The monoisotopic (exact) mass is 204 g/mol. The summed E-state index contributed by atoms with van der Waals surface area (Å²) in [6, 6.07) is 0. The topological polar surface area (TPSA) is 114 Å². The van der Waals surface area contributed by atoms with Gasteiger partial charge in [-0.05, 0) is 0 Å². The van der Waals surface area contributed by atoms with Crippen molar-refractivity contribution < 1.29 is 74.4 Å². The first-order valence-electron chi connectivity index (χ1n) is 1.58. The third-order valence-electron chi connectivity index (χ3n) is 0.289. The zero-order valence-corrected chi connectivity index (χ0v) is 9.61. The Morgan fingerprint density at radius 1 is 0.909 bits per heavy atom. The van der Waals surface area contributed by atoms with E-state index in [0.717, 1.165) is 0 Å². The molecule has 0 aliphatic rings. The molecule has 0 saturated carbocycles. The molecule has 0 aromatic rings. The minimum absolute atomic E-state index is 0. The SMILES string of the molecule is O=S(=O)([O-])CS(=O)(=O)[O-].[Li+].[Na+]. The molecule has 0 atom stereocenters. The quantitative estimate of drug-likeness (QED) is 0.326. The fourth-order valence-electron chi connectivity index (χ4n) is 0.177. The summed E-state index contributed by atoms with van der Waals surface area (Å²) < 4.78 is 57.1. The van der Waals surface area contributed by atoms with E-state index in [1.165, 1.54) is 0 Å². The van der Waals surface area contributed by atoms with E-state index >= 15 is 0 Å². The van der Waals surface area contributed by atoms with Crippen LogP contribution in [0.15, 0.2) is 0 Å². The number of hydrogen-bond acceptors (Lipinski definition) is 6. The molecule has 0 unspecified atom stereocenters. The summed E-state index contributed by atoms with van der Waals surface area (Å²) in [6.45, 7) is 0. The van der Waals surface area contributed by atoms with Gasteiger partial charge < -0.3 is 9.11 Å². The molecule has 11 heavy (non-hydrogen) atoms. The van der Waals surface area contributed by atoms with Crippen LogP contribution in [0.3, 0.4) is 0 Å². The zero-order valence-electron chi connectivity index (χ0n) is 5.97. The van der Waals surface area contributed by atoms with Crippen molar-refractivity contribution in [2.24, 2.45) is 0 Å². The Balaban J connectivity index is -0.000000320.